The van der Waals surface area contributed by atoms with Crippen LogP contribution in [0.25, 0.3) is 10.9 Å². The molecule has 3 rings (SSSR count). The van der Waals surface area contributed by atoms with E-state index in [1.165, 1.54) is 19.1 Å². The molecule has 3 amide bonds. The molecule has 0 bridgehead atoms. The topological polar surface area (TPSA) is 207 Å². The first-order chi connectivity index (χ1) is 19.4. The summed E-state index contributed by atoms with van der Waals surface area (Å²) in [5.74, 6) is -3.87. The number of H-pyrrole nitrogens is 1. The molecule has 9 N–H and O–H groups in total. The van der Waals surface area contributed by atoms with Crippen molar-refractivity contribution in [2.45, 2.75) is 63.9 Å². The van der Waals surface area contributed by atoms with Crippen LogP contribution in [0.5, 0.6) is 5.75 Å². The van der Waals surface area contributed by atoms with E-state index in [0.717, 1.165) is 10.9 Å². The van der Waals surface area contributed by atoms with Gasteiger partial charge in [-0.3, -0.25) is 14.4 Å². The lowest BCUT2D eigenvalue weighted by molar-refractivity contribution is -0.143. The molecule has 12 nitrogen and oxygen atoms in total. The van der Waals surface area contributed by atoms with Crippen LogP contribution in [0.2, 0.25) is 0 Å². The van der Waals surface area contributed by atoms with Crippen LogP contribution in [0.4, 0.5) is 0 Å². The van der Waals surface area contributed by atoms with E-state index in [9.17, 15) is 34.5 Å². The lowest BCUT2D eigenvalue weighted by atomic mass is 10.0. The summed E-state index contributed by atoms with van der Waals surface area (Å²) in [5, 5.41) is 37.7. The van der Waals surface area contributed by atoms with E-state index in [1.54, 1.807) is 32.2 Å². The number of aromatic hydroxyl groups is 1. The number of aromatic amines is 1. The fourth-order valence-electron chi connectivity index (χ4n) is 4.40. The molecule has 0 aliphatic rings. The molecule has 3 aromatic rings. The maximum absolute atomic E-state index is 13.3. The number of aliphatic hydroxyl groups excluding tert-OH is 1. The average Bonchev–Trinajstić information content (AvgIpc) is 3.33. The highest BCUT2D eigenvalue weighted by Gasteiger charge is 2.33. The summed E-state index contributed by atoms with van der Waals surface area (Å²) in [5.41, 5.74) is 8.22. The van der Waals surface area contributed by atoms with E-state index in [0.29, 0.717) is 11.1 Å². The van der Waals surface area contributed by atoms with Crippen LogP contribution in [0.1, 0.15) is 31.9 Å². The number of hydrogen-bond acceptors (Lipinski definition) is 7. The number of rotatable bonds is 13. The average molecular weight is 568 g/mol. The van der Waals surface area contributed by atoms with Gasteiger partial charge in [0, 0.05) is 23.5 Å². The molecule has 1 heterocycles. The van der Waals surface area contributed by atoms with Crippen molar-refractivity contribution in [1.82, 2.24) is 20.9 Å². The van der Waals surface area contributed by atoms with Gasteiger partial charge >= 0.3 is 5.97 Å². The summed E-state index contributed by atoms with van der Waals surface area (Å²) in [6, 6.07) is 8.55. The number of carboxylic acids is 1. The van der Waals surface area contributed by atoms with E-state index < -0.39 is 59.9 Å². The molecule has 0 aliphatic heterocycles. The molecule has 12 heteroatoms. The van der Waals surface area contributed by atoms with Crippen molar-refractivity contribution in [3.63, 3.8) is 0 Å². The van der Waals surface area contributed by atoms with Gasteiger partial charge in [0.05, 0.1) is 12.1 Å². The van der Waals surface area contributed by atoms with E-state index in [4.69, 9.17) is 5.73 Å². The van der Waals surface area contributed by atoms with Crippen molar-refractivity contribution in [1.29, 1.82) is 0 Å². The van der Waals surface area contributed by atoms with Crippen LogP contribution in [0, 0.1) is 5.92 Å². The molecule has 220 valence electrons. The summed E-state index contributed by atoms with van der Waals surface area (Å²) >= 11 is 0. The third-order valence-electron chi connectivity index (χ3n) is 6.75. The van der Waals surface area contributed by atoms with Gasteiger partial charge < -0.3 is 42.0 Å². The highest BCUT2D eigenvalue weighted by molar-refractivity contribution is 5.95. The first kappa shape index (κ1) is 31.1. The van der Waals surface area contributed by atoms with Gasteiger partial charge in [0.1, 0.15) is 23.9 Å². The first-order valence-electron chi connectivity index (χ1n) is 13.3. The van der Waals surface area contributed by atoms with Crippen molar-refractivity contribution < 1.29 is 34.5 Å². The van der Waals surface area contributed by atoms with Crippen LogP contribution < -0.4 is 21.7 Å². The monoisotopic (exact) mass is 567 g/mol. The number of carbonyl (C=O) groups is 4. The zero-order valence-corrected chi connectivity index (χ0v) is 23.1. The number of aliphatic hydroxyl groups is 1. The largest absolute Gasteiger partial charge is 0.508 e. The van der Waals surface area contributed by atoms with E-state index >= 15 is 0 Å². The molecular weight excluding hydrogens is 530 g/mol. The number of phenolic OH excluding ortho intramolecular Hbond substituents is 1. The van der Waals surface area contributed by atoms with Crippen molar-refractivity contribution in [3.8, 4) is 5.75 Å². The predicted molar refractivity (Wildman–Crippen MR) is 152 cm³/mol. The van der Waals surface area contributed by atoms with Crippen molar-refractivity contribution in [2.75, 3.05) is 0 Å². The second-order valence-electron chi connectivity index (χ2n) is 10.4. The summed E-state index contributed by atoms with van der Waals surface area (Å²) < 4.78 is 0. The lowest BCUT2D eigenvalue weighted by Gasteiger charge is -2.27. The van der Waals surface area contributed by atoms with Gasteiger partial charge in [-0.1, -0.05) is 44.2 Å². The van der Waals surface area contributed by atoms with Gasteiger partial charge in [0.15, 0.2) is 0 Å². The fraction of sp³-hybridized carbons (Fsp3) is 0.379. The van der Waals surface area contributed by atoms with Crippen LogP contribution in [0.15, 0.2) is 54.7 Å². The number of phenols is 1. The Hall–Kier alpha value is -4.42. The summed E-state index contributed by atoms with van der Waals surface area (Å²) in [4.78, 5) is 54.3. The molecule has 0 saturated heterocycles. The highest BCUT2D eigenvalue weighted by Crippen LogP contribution is 2.19. The highest BCUT2D eigenvalue weighted by atomic mass is 16.4. The Morgan fingerprint density at radius 2 is 1.49 bits per heavy atom. The number of benzene rings is 2. The van der Waals surface area contributed by atoms with Gasteiger partial charge in [-0.15, -0.1) is 0 Å². The molecule has 0 aliphatic carbocycles. The van der Waals surface area contributed by atoms with E-state index in [1.807, 2.05) is 24.3 Å². The zero-order chi connectivity index (χ0) is 30.3. The Morgan fingerprint density at radius 1 is 0.854 bits per heavy atom. The number of carboxylic acid groups (broad SMARTS) is 1. The molecule has 2 aromatic carbocycles. The zero-order valence-electron chi connectivity index (χ0n) is 23.1. The second kappa shape index (κ2) is 13.8. The fourth-order valence-corrected chi connectivity index (χ4v) is 4.40. The molecule has 0 fully saturated rings. The standard InChI is InChI=1S/C29H37N5O7/c1-15(2)24(29(40)41)33-27(38)23(13-18-14-31-22-7-5-4-6-20(18)22)32-28(39)25(16(3)35)34-26(37)21(30)12-17-8-10-19(36)11-9-17/h4-11,14-16,21,23-25,31,35-36H,12-13,30H2,1-3H3,(H,32,39)(H,33,38)(H,34,37)(H,40,41). The van der Waals surface area contributed by atoms with Gasteiger partial charge in [-0.2, -0.15) is 0 Å². The number of carbonyl (C=O) groups excluding carboxylic acids is 3. The van der Waals surface area contributed by atoms with Crippen LogP contribution >= 0.6 is 0 Å². The molecule has 1 aromatic heterocycles. The van der Waals surface area contributed by atoms with Gasteiger partial charge in [-0.25, -0.2) is 4.79 Å². The smallest absolute Gasteiger partial charge is 0.326 e. The number of fused-ring (bicyclic) bond motifs is 1. The Morgan fingerprint density at radius 3 is 2.10 bits per heavy atom. The SMILES string of the molecule is CC(C)C(NC(=O)C(Cc1c[nH]c2ccccc12)NC(=O)C(NC(=O)C(N)Cc1ccc(O)cc1)C(C)O)C(=O)O. The minimum atomic E-state index is -1.45. The van der Waals surface area contributed by atoms with Crippen LogP contribution in [0.3, 0.4) is 0 Å². The number of nitrogens with two attached hydrogens (primary N) is 1. The number of hydrogen-bond donors (Lipinski definition) is 8. The van der Waals surface area contributed by atoms with Gasteiger partial charge in [0.25, 0.3) is 0 Å². The molecule has 41 heavy (non-hydrogen) atoms. The van der Waals surface area contributed by atoms with E-state index in [-0.39, 0.29) is 18.6 Å². The maximum Gasteiger partial charge on any atom is 0.326 e. The third kappa shape index (κ3) is 8.29. The van der Waals surface area contributed by atoms with Gasteiger partial charge in [0.2, 0.25) is 17.7 Å². The molecule has 0 spiro atoms. The minimum Gasteiger partial charge on any atom is -0.508 e. The van der Waals surface area contributed by atoms with Gasteiger partial charge in [-0.05, 0) is 48.6 Å². The summed E-state index contributed by atoms with van der Waals surface area (Å²) in [7, 11) is 0. The predicted octanol–water partition coefficient (Wildman–Crippen LogP) is 0.562. The Labute approximate surface area is 237 Å². The maximum atomic E-state index is 13.3. The Balaban J connectivity index is 1.79. The molecular formula is C29H37N5O7. The number of aromatic nitrogens is 1. The normalized spacial score (nSPS) is 15.0. The van der Waals surface area contributed by atoms with E-state index in [2.05, 4.69) is 20.9 Å². The molecule has 5 atom stereocenters. The second-order valence-corrected chi connectivity index (χ2v) is 10.4. The number of amides is 3. The molecule has 0 saturated carbocycles. The molecule has 0 radical (unpaired) electrons. The Kier molecular flexibility index (Phi) is 10.5. The van der Waals surface area contributed by atoms with Crippen molar-refractivity contribution in [3.05, 3.63) is 65.9 Å². The third-order valence-corrected chi connectivity index (χ3v) is 6.75. The number of para-hydroxylation sites is 1. The number of aliphatic carboxylic acids is 1. The lowest BCUT2D eigenvalue weighted by Crippen LogP contribution is -2.60. The Bertz CT molecular complexity index is 1370. The quantitative estimate of drug-likeness (QED) is 0.146. The minimum absolute atomic E-state index is 0.00681. The first-order valence-corrected chi connectivity index (χ1v) is 13.3. The van der Waals surface area contributed by atoms with Crippen molar-refractivity contribution >= 4 is 34.6 Å². The van der Waals surface area contributed by atoms with Crippen molar-refractivity contribution in [2.24, 2.45) is 11.7 Å². The number of nitrogens with one attached hydrogen (secondary N) is 4. The van der Waals surface area contributed by atoms with Crippen LogP contribution in [-0.2, 0) is 32.0 Å². The summed E-state index contributed by atoms with van der Waals surface area (Å²) in [6.45, 7) is 4.60. The molecule has 5 unspecified atom stereocenters. The summed E-state index contributed by atoms with van der Waals surface area (Å²) in [6.07, 6.45) is 0.466. The van der Waals surface area contributed by atoms with Crippen LogP contribution in [-0.4, -0.2) is 74.3 Å².